The van der Waals surface area contributed by atoms with Gasteiger partial charge in [-0.25, -0.2) is 0 Å². The van der Waals surface area contributed by atoms with E-state index in [0.717, 1.165) is 24.2 Å². The average molecular weight is 396 g/mol. The maximum absolute atomic E-state index is 12.6. The summed E-state index contributed by atoms with van der Waals surface area (Å²) in [5, 5.41) is 7.66. The van der Waals surface area contributed by atoms with Crippen molar-refractivity contribution >= 4 is 17.5 Å². The van der Waals surface area contributed by atoms with E-state index in [0.29, 0.717) is 17.3 Å². The molecule has 0 spiro atoms. The van der Waals surface area contributed by atoms with Gasteiger partial charge in [0.15, 0.2) is 11.5 Å². The zero-order chi connectivity index (χ0) is 19.3. The quantitative estimate of drug-likeness (QED) is 0.664. The Bertz CT molecular complexity index is 918. The molecule has 6 heteroatoms. The molecule has 2 heterocycles. The van der Waals surface area contributed by atoms with Gasteiger partial charge in [0.2, 0.25) is 0 Å². The smallest absolute Gasteiger partial charge is 0.273 e. The molecule has 0 unspecified atom stereocenters. The highest BCUT2D eigenvalue weighted by molar-refractivity contribution is 6.30. The van der Waals surface area contributed by atoms with Gasteiger partial charge < -0.3 is 9.84 Å². The molecular weight excluding hydrogens is 374 g/mol. The van der Waals surface area contributed by atoms with Crippen LogP contribution in [-0.2, 0) is 0 Å². The molecule has 1 aromatic heterocycles. The summed E-state index contributed by atoms with van der Waals surface area (Å²) in [5.41, 5.74) is 2.33. The van der Waals surface area contributed by atoms with Crippen molar-refractivity contribution in [2.45, 2.75) is 18.9 Å². The van der Waals surface area contributed by atoms with Gasteiger partial charge in [-0.05, 0) is 43.6 Å². The molecule has 0 radical (unpaired) electrons. The van der Waals surface area contributed by atoms with Crippen molar-refractivity contribution in [3.05, 3.63) is 76.9 Å². The molecular formula is C22H22ClN3O2. The minimum atomic E-state index is -0.232. The fourth-order valence-electron chi connectivity index (χ4n) is 3.60. The van der Waals surface area contributed by atoms with Gasteiger partial charge in [0.25, 0.3) is 5.91 Å². The van der Waals surface area contributed by atoms with E-state index in [2.05, 4.69) is 15.4 Å². The number of nitrogens with zero attached hydrogens (tertiary/aromatic N) is 2. The van der Waals surface area contributed by atoms with Crippen LogP contribution in [0.2, 0.25) is 5.02 Å². The summed E-state index contributed by atoms with van der Waals surface area (Å²) < 4.78 is 5.34. The van der Waals surface area contributed by atoms with E-state index < -0.39 is 0 Å². The lowest BCUT2D eigenvalue weighted by Gasteiger charge is -2.28. The monoisotopic (exact) mass is 395 g/mol. The molecule has 3 aromatic rings. The fourth-order valence-corrected chi connectivity index (χ4v) is 3.72. The number of likely N-dealkylation sites (tertiary alicyclic amines) is 1. The van der Waals surface area contributed by atoms with Gasteiger partial charge in [-0.3, -0.25) is 9.69 Å². The molecule has 1 aliphatic rings. The van der Waals surface area contributed by atoms with E-state index in [1.807, 2.05) is 54.6 Å². The number of benzene rings is 2. The van der Waals surface area contributed by atoms with Gasteiger partial charge in [-0.15, -0.1) is 0 Å². The molecule has 1 saturated heterocycles. The third-order valence-electron chi connectivity index (χ3n) is 5.09. The van der Waals surface area contributed by atoms with E-state index in [4.69, 9.17) is 16.1 Å². The number of carbonyl (C=O) groups excluding carboxylic acids is 1. The van der Waals surface area contributed by atoms with Crippen LogP contribution in [0.4, 0.5) is 0 Å². The molecule has 0 aliphatic carbocycles. The Balaban J connectivity index is 1.45. The molecule has 5 nitrogen and oxygen atoms in total. The van der Waals surface area contributed by atoms with Crippen LogP contribution in [0.1, 0.15) is 34.9 Å². The molecule has 144 valence electrons. The van der Waals surface area contributed by atoms with Gasteiger partial charge in [0.05, 0.1) is 6.04 Å². The number of hydrogen-bond acceptors (Lipinski definition) is 4. The van der Waals surface area contributed by atoms with Crippen molar-refractivity contribution in [2.24, 2.45) is 0 Å². The van der Waals surface area contributed by atoms with Crippen molar-refractivity contribution in [2.75, 3.05) is 19.6 Å². The number of hydrogen-bond donors (Lipinski definition) is 1. The minimum Gasteiger partial charge on any atom is -0.355 e. The number of rotatable bonds is 6. The Labute approximate surface area is 169 Å². The second kappa shape index (κ2) is 8.59. The highest BCUT2D eigenvalue weighted by Crippen LogP contribution is 2.26. The Morgan fingerprint density at radius 1 is 1.11 bits per heavy atom. The number of nitrogens with one attached hydrogen (secondary N) is 1. The summed E-state index contributed by atoms with van der Waals surface area (Å²) in [7, 11) is 0. The highest BCUT2D eigenvalue weighted by Gasteiger charge is 2.24. The highest BCUT2D eigenvalue weighted by atomic mass is 35.5. The van der Waals surface area contributed by atoms with E-state index in [1.54, 1.807) is 6.07 Å². The fraction of sp³-hybridized carbons (Fsp3) is 0.273. The van der Waals surface area contributed by atoms with Crippen molar-refractivity contribution in [1.29, 1.82) is 0 Å². The second-order valence-corrected chi connectivity index (χ2v) is 7.40. The van der Waals surface area contributed by atoms with Crippen LogP contribution < -0.4 is 5.32 Å². The Kier molecular flexibility index (Phi) is 5.74. The van der Waals surface area contributed by atoms with Crippen molar-refractivity contribution < 1.29 is 9.32 Å². The van der Waals surface area contributed by atoms with Crippen molar-refractivity contribution in [1.82, 2.24) is 15.4 Å². The zero-order valence-electron chi connectivity index (χ0n) is 15.5. The topological polar surface area (TPSA) is 58.4 Å². The van der Waals surface area contributed by atoms with E-state index >= 15 is 0 Å². The first-order valence-electron chi connectivity index (χ1n) is 9.50. The lowest BCUT2D eigenvalue weighted by atomic mass is 10.1. The Hall–Kier alpha value is -2.63. The summed E-state index contributed by atoms with van der Waals surface area (Å²) >= 11 is 6.03. The number of halogens is 1. The molecule has 1 amide bonds. The molecule has 1 aliphatic heterocycles. The summed E-state index contributed by atoms with van der Waals surface area (Å²) in [6.07, 6.45) is 2.36. The summed E-state index contributed by atoms with van der Waals surface area (Å²) in [6, 6.07) is 19.3. The first kappa shape index (κ1) is 18.7. The largest absolute Gasteiger partial charge is 0.355 e. The summed E-state index contributed by atoms with van der Waals surface area (Å²) in [6.45, 7) is 2.57. The third kappa shape index (κ3) is 4.26. The van der Waals surface area contributed by atoms with Crippen molar-refractivity contribution in [3.63, 3.8) is 0 Å². The minimum absolute atomic E-state index is 0.115. The average Bonchev–Trinajstić information content (AvgIpc) is 3.42. The van der Waals surface area contributed by atoms with Crippen LogP contribution in [0.15, 0.2) is 65.2 Å². The number of carbonyl (C=O) groups is 1. The molecule has 1 fully saturated rings. The Morgan fingerprint density at radius 3 is 2.54 bits per heavy atom. The first-order valence-corrected chi connectivity index (χ1v) is 9.88. The lowest BCUT2D eigenvalue weighted by Crippen LogP contribution is -2.36. The molecule has 1 atom stereocenters. The maximum atomic E-state index is 12.6. The lowest BCUT2D eigenvalue weighted by molar-refractivity contribution is 0.0929. The van der Waals surface area contributed by atoms with Crippen LogP contribution in [0, 0.1) is 0 Å². The first-order chi connectivity index (χ1) is 13.7. The number of amides is 1. The van der Waals surface area contributed by atoms with E-state index in [1.165, 1.54) is 12.8 Å². The molecule has 0 bridgehead atoms. The molecule has 1 N–H and O–H groups in total. The predicted octanol–water partition coefficient (Wildman–Crippen LogP) is 4.56. The maximum Gasteiger partial charge on any atom is 0.273 e. The summed E-state index contributed by atoms with van der Waals surface area (Å²) in [4.78, 5) is 15.0. The van der Waals surface area contributed by atoms with Crippen LogP contribution >= 0.6 is 11.6 Å². The van der Waals surface area contributed by atoms with Gasteiger partial charge in [-0.1, -0.05) is 59.2 Å². The molecule has 4 rings (SSSR count). The predicted molar refractivity (Wildman–Crippen MR) is 109 cm³/mol. The van der Waals surface area contributed by atoms with Crippen LogP contribution in [0.25, 0.3) is 11.3 Å². The van der Waals surface area contributed by atoms with Crippen molar-refractivity contribution in [3.8, 4) is 11.3 Å². The van der Waals surface area contributed by atoms with E-state index in [-0.39, 0.29) is 17.6 Å². The van der Waals surface area contributed by atoms with Crippen LogP contribution in [0.3, 0.4) is 0 Å². The summed E-state index contributed by atoms with van der Waals surface area (Å²) in [5.74, 6) is 0.351. The molecule has 2 aromatic carbocycles. The van der Waals surface area contributed by atoms with Crippen LogP contribution in [-0.4, -0.2) is 35.6 Å². The normalized spacial score (nSPS) is 15.5. The van der Waals surface area contributed by atoms with Gasteiger partial charge >= 0.3 is 0 Å². The Morgan fingerprint density at radius 2 is 1.82 bits per heavy atom. The van der Waals surface area contributed by atoms with Gasteiger partial charge in [0, 0.05) is 23.2 Å². The second-order valence-electron chi connectivity index (χ2n) is 6.96. The van der Waals surface area contributed by atoms with Crippen LogP contribution in [0.5, 0.6) is 0 Å². The molecule has 0 saturated carbocycles. The van der Waals surface area contributed by atoms with E-state index in [9.17, 15) is 4.79 Å². The standard InChI is InChI=1S/C22H22ClN3O2/c23-18-10-8-16(9-11-18)20(26-12-4-5-13-26)15-24-22(27)19-14-21(28-25-19)17-6-2-1-3-7-17/h1-3,6-11,14,20H,4-5,12-13,15H2,(H,24,27)/t20-/m0/s1. The zero-order valence-corrected chi connectivity index (χ0v) is 16.2. The number of aromatic nitrogens is 1. The SMILES string of the molecule is O=C(NC[C@@H](c1ccc(Cl)cc1)N1CCCC1)c1cc(-c2ccccc2)on1. The van der Waals surface area contributed by atoms with Gasteiger partial charge in [-0.2, -0.15) is 0 Å². The molecule has 28 heavy (non-hydrogen) atoms. The third-order valence-corrected chi connectivity index (χ3v) is 5.35. The van der Waals surface area contributed by atoms with Gasteiger partial charge in [0.1, 0.15) is 0 Å².